The first kappa shape index (κ1) is 31.3. The van der Waals surface area contributed by atoms with Gasteiger partial charge in [0, 0.05) is 43.4 Å². The van der Waals surface area contributed by atoms with Crippen LogP contribution < -0.4 is 10.6 Å². The Bertz CT molecular complexity index is 1380. The van der Waals surface area contributed by atoms with E-state index in [9.17, 15) is 28.6 Å². The lowest BCUT2D eigenvalue weighted by Gasteiger charge is -2.30. The van der Waals surface area contributed by atoms with Crippen LogP contribution in [0.3, 0.4) is 0 Å². The molecule has 0 aliphatic carbocycles. The number of β-amino-alcohol motifs (C(OH)–C–C–N with tert-alkyl or cyclic N) is 1. The molecule has 224 valence electrons. The molecule has 1 aliphatic rings. The van der Waals surface area contributed by atoms with Crippen molar-refractivity contribution in [2.75, 3.05) is 19.6 Å². The monoisotopic (exact) mass is 579 g/mol. The second-order valence-corrected chi connectivity index (χ2v) is 11.1. The number of nitrogens with one attached hydrogen (secondary N) is 2. The molecule has 3 aromatic carbocycles. The molecule has 3 atom stereocenters. The number of hydrogen-bond acceptors (Lipinski definition) is 5. The molecule has 1 fully saturated rings. The second kappa shape index (κ2) is 14.5. The van der Waals surface area contributed by atoms with Crippen molar-refractivity contribution in [2.24, 2.45) is 0 Å². The summed E-state index contributed by atoms with van der Waals surface area (Å²) in [5.41, 5.74) is 3.78. The van der Waals surface area contributed by atoms with Gasteiger partial charge in [0.25, 0.3) is 11.8 Å². The Labute approximate surface area is 245 Å². The third-order valence-corrected chi connectivity index (χ3v) is 7.51. The van der Waals surface area contributed by atoms with Crippen molar-refractivity contribution < 1.29 is 28.6 Å². The van der Waals surface area contributed by atoms with E-state index in [2.05, 4.69) is 23.6 Å². The van der Waals surface area contributed by atoms with Gasteiger partial charge < -0.3 is 25.7 Å². The number of aliphatic hydroxyl groups is 2. The lowest BCUT2D eigenvalue weighted by molar-refractivity contribution is 0.0473. The fraction of sp³-hybridized carbons (Fsp3) is 0.394. The summed E-state index contributed by atoms with van der Waals surface area (Å²) in [5.74, 6) is -2.29. The van der Waals surface area contributed by atoms with Crippen LogP contribution in [0.1, 0.15) is 62.7 Å². The number of hydrogen-bond donors (Lipinski definition) is 4. The van der Waals surface area contributed by atoms with Crippen molar-refractivity contribution in [3.63, 3.8) is 0 Å². The number of rotatable bonds is 11. The van der Waals surface area contributed by atoms with E-state index in [4.69, 9.17) is 0 Å². The molecular weight excluding hydrogens is 540 g/mol. The van der Waals surface area contributed by atoms with Gasteiger partial charge in [-0.05, 0) is 85.2 Å². The molecule has 0 aromatic heterocycles. The lowest BCUT2D eigenvalue weighted by Crippen LogP contribution is -2.48. The number of aryl methyl sites for hydroxylation is 2. The molecule has 2 amide bonds. The number of piperidine rings is 1. The molecule has 9 heteroatoms. The molecule has 0 radical (unpaired) electrons. The second-order valence-electron chi connectivity index (χ2n) is 11.1. The summed E-state index contributed by atoms with van der Waals surface area (Å²) in [6.07, 6.45) is 0.567. The van der Waals surface area contributed by atoms with E-state index in [0.717, 1.165) is 18.1 Å². The number of nitrogens with zero attached hydrogens (tertiary/aromatic N) is 1. The maximum Gasteiger partial charge on any atom is 0.253 e. The standard InChI is InChI=1S/C33H39F2N3O4/c1-3-22-6-4-7-23(12-22)18-36-19-31(40)30(15-24-13-27(34)17-28(35)14-24)37-32(41)25-10-21(2)11-26(16-25)33(42)38-9-5-8-29(39)20-38/h4,6-7,10-14,16-17,29-31,36,39-40H,3,5,8-9,15,18-20H2,1-2H3,(H,37,41)/t29?,30-,31-/m0/s1. The molecular formula is C33H39F2N3O4. The highest BCUT2D eigenvalue weighted by Crippen LogP contribution is 2.18. The third kappa shape index (κ3) is 8.67. The number of carbonyl (C=O) groups is 2. The average molecular weight is 580 g/mol. The van der Waals surface area contributed by atoms with Crippen molar-refractivity contribution in [1.82, 2.24) is 15.5 Å². The number of carbonyl (C=O) groups excluding carboxylic acids is 2. The zero-order valence-electron chi connectivity index (χ0n) is 24.1. The van der Waals surface area contributed by atoms with Crippen molar-refractivity contribution in [3.05, 3.63) is 106 Å². The van der Waals surface area contributed by atoms with Crippen LogP contribution in [0.15, 0.2) is 60.7 Å². The van der Waals surface area contributed by atoms with E-state index >= 15 is 0 Å². The van der Waals surface area contributed by atoms with Crippen molar-refractivity contribution in [1.29, 1.82) is 0 Å². The lowest BCUT2D eigenvalue weighted by atomic mass is 9.99. The van der Waals surface area contributed by atoms with Crippen LogP contribution in [0.4, 0.5) is 8.78 Å². The van der Waals surface area contributed by atoms with Crippen molar-refractivity contribution >= 4 is 11.8 Å². The van der Waals surface area contributed by atoms with Gasteiger partial charge in [-0.3, -0.25) is 9.59 Å². The summed E-state index contributed by atoms with van der Waals surface area (Å²) in [6, 6.07) is 15.1. The Morgan fingerprint density at radius 1 is 1.00 bits per heavy atom. The number of amides is 2. The summed E-state index contributed by atoms with van der Waals surface area (Å²) in [4.78, 5) is 28.2. The highest BCUT2D eigenvalue weighted by molar-refractivity contribution is 6.00. The maximum absolute atomic E-state index is 13.9. The summed E-state index contributed by atoms with van der Waals surface area (Å²) < 4.78 is 27.9. The molecule has 4 N–H and O–H groups in total. The Morgan fingerprint density at radius 3 is 2.43 bits per heavy atom. The van der Waals surface area contributed by atoms with Crippen molar-refractivity contribution in [2.45, 2.75) is 64.3 Å². The molecule has 1 aliphatic heterocycles. The minimum Gasteiger partial charge on any atom is -0.391 e. The number of likely N-dealkylation sites (tertiary alicyclic amines) is 1. The van der Waals surface area contributed by atoms with Gasteiger partial charge in [0.15, 0.2) is 0 Å². The number of benzene rings is 3. The van der Waals surface area contributed by atoms with Gasteiger partial charge in [0.2, 0.25) is 0 Å². The SMILES string of the molecule is CCc1cccc(CNC[C@H](O)[C@H](Cc2cc(F)cc(F)c2)NC(=O)c2cc(C)cc(C(=O)N3CCCC(O)C3)c2)c1. The molecule has 7 nitrogen and oxygen atoms in total. The minimum atomic E-state index is -1.09. The zero-order chi connectivity index (χ0) is 30.2. The fourth-order valence-corrected chi connectivity index (χ4v) is 5.34. The smallest absolute Gasteiger partial charge is 0.253 e. The molecule has 0 bridgehead atoms. The Morgan fingerprint density at radius 2 is 1.71 bits per heavy atom. The van der Waals surface area contributed by atoms with E-state index in [1.807, 2.05) is 18.2 Å². The summed E-state index contributed by atoms with van der Waals surface area (Å²) >= 11 is 0. The first-order valence-corrected chi connectivity index (χ1v) is 14.4. The van der Waals surface area contributed by atoms with Gasteiger partial charge >= 0.3 is 0 Å². The summed E-state index contributed by atoms with van der Waals surface area (Å²) in [6.45, 7) is 5.23. The first-order valence-electron chi connectivity index (χ1n) is 14.4. The summed E-state index contributed by atoms with van der Waals surface area (Å²) in [7, 11) is 0. The maximum atomic E-state index is 13.9. The van der Waals surface area contributed by atoms with Gasteiger partial charge in [-0.15, -0.1) is 0 Å². The van der Waals surface area contributed by atoms with Crippen LogP contribution >= 0.6 is 0 Å². The highest BCUT2D eigenvalue weighted by Gasteiger charge is 2.26. The minimum absolute atomic E-state index is 0.0160. The molecule has 1 heterocycles. The fourth-order valence-electron chi connectivity index (χ4n) is 5.34. The van der Waals surface area contributed by atoms with Gasteiger partial charge in [0.05, 0.1) is 18.2 Å². The van der Waals surface area contributed by atoms with Gasteiger partial charge in [-0.1, -0.05) is 31.2 Å². The molecule has 0 saturated carbocycles. The molecule has 1 saturated heterocycles. The third-order valence-electron chi connectivity index (χ3n) is 7.51. The molecule has 42 heavy (non-hydrogen) atoms. The van der Waals surface area contributed by atoms with Crippen LogP contribution in [0.5, 0.6) is 0 Å². The van der Waals surface area contributed by atoms with E-state index in [1.54, 1.807) is 24.0 Å². The van der Waals surface area contributed by atoms with Gasteiger partial charge in [0.1, 0.15) is 11.6 Å². The van der Waals surface area contributed by atoms with Crippen LogP contribution in [0.25, 0.3) is 0 Å². The Hall–Kier alpha value is -3.66. The van der Waals surface area contributed by atoms with Crippen LogP contribution in [0.2, 0.25) is 0 Å². The summed E-state index contributed by atoms with van der Waals surface area (Å²) in [5, 5.41) is 27.2. The molecule has 0 spiro atoms. The normalized spacial score (nSPS) is 16.6. The van der Waals surface area contributed by atoms with E-state index in [0.29, 0.717) is 37.1 Å². The average Bonchev–Trinajstić information content (AvgIpc) is 2.95. The predicted octanol–water partition coefficient (Wildman–Crippen LogP) is 3.92. The highest BCUT2D eigenvalue weighted by atomic mass is 19.1. The van der Waals surface area contributed by atoms with Crippen LogP contribution in [-0.2, 0) is 19.4 Å². The molecule has 3 aromatic rings. The van der Waals surface area contributed by atoms with E-state index in [1.165, 1.54) is 23.8 Å². The first-order chi connectivity index (χ1) is 20.1. The van der Waals surface area contributed by atoms with E-state index < -0.39 is 35.8 Å². The largest absolute Gasteiger partial charge is 0.391 e. The Kier molecular flexibility index (Phi) is 10.8. The zero-order valence-corrected chi connectivity index (χ0v) is 24.1. The van der Waals surface area contributed by atoms with Gasteiger partial charge in [-0.25, -0.2) is 8.78 Å². The van der Waals surface area contributed by atoms with Gasteiger partial charge in [-0.2, -0.15) is 0 Å². The molecule has 1 unspecified atom stereocenters. The molecule has 4 rings (SSSR count). The van der Waals surface area contributed by atoms with Crippen molar-refractivity contribution in [3.8, 4) is 0 Å². The predicted molar refractivity (Wildman–Crippen MR) is 157 cm³/mol. The Balaban J connectivity index is 1.50. The quantitative estimate of drug-likeness (QED) is 0.276. The number of halogens is 2. The number of aliphatic hydroxyl groups excluding tert-OH is 2. The van der Waals surface area contributed by atoms with Crippen LogP contribution in [-0.4, -0.2) is 64.8 Å². The van der Waals surface area contributed by atoms with Crippen LogP contribution in [0, 0.1) is 18.6 Å². The van der Waals surface area contributed by atoms with E-state index in [-0.39, 0.29) is 36.5 Å². The topological polar surface area (TPSA) is 102 Å².